The zero-order chi connectivity index (χ0) is 11.8. The van der Waals surface area contributed by atoms with E-state index in [9.17, 15) is 14.4 Å². The number of carboxylic acid groups (broad SMARTS) is 1. The lowest BCUT2D eigenvalue weighted by Crippen LogP contribution is -2.40. The number of urea groups is 1. The predicted molar refractivity (Wildman–Crippen MR) is 52.1 cm³/mol. The summed E-state index contributed by atoms with van der Waals surface area (Å²) < 4.78 is 0. The highest BCUT2D eigenvalue weighted by atomic mass is 16.4. The number of carbonyl (C=O) groups is 3. The van der Waals surface area contributed by atoms with Gasteiger partial charge in [-0.25, -0.2) is 9.59 Å². The summed E-state index contributed by atoms with van der Waals surface area (Å²) >= 11 is 0. The second kappa shape index (κ2) is 6.63. The number of nitrogens with one attached hydrogen (secondary N) is 2. The third-order valence-electron chi connectivity index (χ3n) is 1.64. The molecule has 0 aromatic heterocycles. The van der Waals surface area contributed by atoms with Crippen LogP contribution in [0.25, 0.3) is 0 Å². The van der Waals surface area contributed by atoms with E-state index in [0.717, 1.165) is 0 Å². The van der Waals surface area contributed by atoms with Gasteiger partial charge in [0.2, 0.25) is 5.91 Å². The summed E-state index contributed by atoms with van der Waals surface area (Å²) in [5.41, 5.74) is 4.81. The van der Waals surface area contributed by atoms with Crippen LogP contribution in [-0.2, 0) is 9.59 Å². The fraction of sp³-hybridized carbons (Fsp3) is 0.625. The average molecular weight is 217 g/mol. The molecule has 7 nitrogen and oxygen atoms in total. The van der Waals surface area contributed by atoms with Gasteiger partial charge in [-0.05, 0) is 12.8 Å². The maximum atomic E-state index is 10.6. The molecule has 0 aliphatic heterocycles. The maximum Gasteiger partial charge on any atom is 0.326 e. The zero-order valence-corrected chi connectivity index (χ0v) is 8.45. The normalized spacial score (nSPS) is 11.5. The average Bonchev–Trinajstić information content (AvgIpc) is 2.08. The second-order valence-corrected chi connectivity index (χ2v) is 3.02. The highest BCUT2D eigenvalue weighted by Crippen LogP contribution is 1.96. The Morgan fingerprint density at radius 3 is 2.40 bits per heavy atom. The fourth-order valence-electron chi connectivity index (χ4n) is 1.02. The summed E-state index contributed by atoms with van der Waals surface area (Å²) in [5, 5.41) is 13.3. The van der Waals surface area contributed by atoms with Crippen molar-refractivity contribution in [3.8, 4) is 0 Å². The van der Waals surface area contributed by atoms with Crippen molar-refractivity contribution in [2.45, 2.75) is 25.8 Å². The third kappa shape index (κ3) is 7.29. The SMILES string of the molecule is CC(=O)N[C@H](CCCNC(N)=O)C(=O)O. The van der Waals surface area contributed by atoms with E-state index in [0.29, 0.717) is 13.0 Å². The van der Waals surface area contributed by atoms with Crippen molar-refractivity contribution < 1.29 is 19.5 Å². The van der Waals surface area contributed by atoms with Gasteiger partial charge in [0.05, 0.1) is 0 Å². The molecule has 0 fully saturated rings. The zero-order valence-electron chi connectivity index (χ0n) is 8.45. The summed E-state index contributed by atoms with van der Waals surface area (Å²) in [4.78, 5) is 31.6. The van der Waals surface area contributed by atoms with Crippen molar-refractivity contribution in [2.24, 2.45) is 5.73 Å². The largest absolute Gasteiger partial charge is 0.480 e. The van der Waals surface area contributed by atoms with Crippen molar-refractivity contribution in [1.29, 1.82) is 0 Å². The number of carboxylic acids is 1. The second-order valence-electron chi connectivity index (χ2n) is 3.02. The van der Waals surface area contributed by atoms with Gasteiger partial charge in [0.25, 0.3) is 0 Å². The van der Waals surface area contributed by atoms with Crippen molar-refractivity contribution in [3.63, 3.8) is 0 Å². The Balaban J connectivity index is 3.81. The van der Waals surface area contributed by atoms with Crippen LogP contribution in [0.3, 0.4) is 0 Å². The summed E-state index contributed by atoms with van der Waals surface area (Å²) in [6.07, 6.45) is 0.676. The van der Waals surface area contributed by atoms with Gasteiger partial charge in [0, 0.05) is 13.5 Å². The number of nitrogens with two attached hydrogens (primary N) is 1. The first-order chi connectivity index (χ1) is 6.93. The number of aliphatic carboxylic acids is 1. The van der Waals surface area contributed by atoms with Crippen molar-refractivity contribution in [2.75, 3.05) is 6.54 Å². The van der Waals surface area contributed by atoms with Gasteiger partial charge in [-0.15, -0.1) is 0 Å². The van der Waals surface area contributed by atoms with E-state index in [-0.39, 0.29) is 6.42 Å². The first-order valence-corrected chi connectivity index (χ1v) is 4.46. The molecule has 0 aliphatic rings. The van der Waals surface area contributed by atoms with Crippen molar-refractivity contribution >= 4 is 17.9 Å². The van der Waals surface area contributed by atoms with Gasteiger partial charge in [-0.2, -0.15) is 0 Å². The minimum atomic E-state index is -1.09. The Morgan fingerprint density at radius 2 is 2.00 bits per heavy atom. The lowest BCUT2D eigenvalue weighted by Gasteiger charge is -2.12. The van der Waals surface area contributed by atoms with Gasteiger partial charge in [0.15, 0.2) is 0 Å². The molecule has 0 rings (SSSR count). The molecular weight excluding hydrogens is 202 g/mol. The molecule has 0 spiro atoms. The van der Waals surface area contributed by atoms with E-state index in [1.165, 1.54) is 6.92 Å². The van der Waals surface area contributed by atoms with Crippen LogP contribution in [-0.4, -0.2) is 35.6 Å². The first kappa shape index (κ1) is 13.2. The molecule has 0 saturated carbocycles. The van der Waals surface area contributed by atoms with E-state index < -0.39 is 23.9 Å². The molecule has 0 unspecified atom stereocenters. The Labute approximate surface area is 87.0 Å². The van der Waals surface area contributed by atoms with Crippen molar-refractivity contribution in [3.05, 3.63) is 0 Å². The van der Waals surface area contributed by atoms with E-state index >= 15 is 0 Å². The molecular formula is C8H15N3O4. The summed E-state index contributed by atoms with van der Waals surface area (Å²) in [7, 11) is 0. The quantitative estimate of drug-likeness (QED) is 0.427. The van der Waals surface area contributed by atoms with Crippen LogP contribution >= 0.6 is 0 Å². The van der Waals surface area contributed by atoms with Crippen molar-refractivity contribution in [1.82, 2.24) is 10.6 Å². The number of rotatable bonds is 6. The van der Waals surface area contributed by atoms with Crippen LogP contribution in [0.2, 0.25) is 0 Å². The van der Waals surface area contributed by atoms with E-state index in [1.807, 2.05) is 0 Å². The smallest absolute Gasteiger partial charge is 0.326 e. The van der Waals surface area contributed by atoms with Crippen LogP contribution in [0.15, 0.2) is 0 Å². The van der Waals surface area contributed by atoms with Crippen LogP contribution < -0.4 is 16.4 Å². The van der Waals surface area contributed by atoms with E-state index in [2.05, 4.69) is 10.6 Å². The topological polar surface area (TPSA) is 122 Å². The summed E-state index contributed by atoms with van der Waals surface area (Å²) in [6, 6.07) is -1.57. The van der Waals surface area contributed by atoms with Gasteiger partial charge in [0.1, 0.15) is 6.04 Å². The maximum absolute atomic E-state index is 10.6. The molecule has 0 aliphatic carbocycles. The minimum Gasteiger partial charge on any atom is -0.480 e. The van der Waals surface area contributed by atoms with E-state index in [4.69, 9.17) is 10.8 Å². The number of hydrogen-bond acceptors (Lipinski definition) is 3. The van der Waals surface area contributed by atoms with E-state index in [1.54, 1.807) is 0 Å². The molecule has 0 bridgehead atoms. The highest BCUT2D eigenvalue weighted by molar-refractivity contribution is 5.81. The van der Waals surface area contributed by atoms with Crippen LogP contribution in [0.5, 0.6) is 0 Å². The van der Waals surface area contributed by atoms with Crippen LogP contribution in [0, 0.1) is 0 Å². The Hall–Kier alpha value is -1.79. The summed E-state index contributed by atoms with van der Waals surface area (Å²) in [5.74, 6) is -1.49. The monoisotopic (exact) mass is 217 g/mol. The Kier molecular flexibility index (Phi) is 5.84. The molecule has 0 saturated heterocycles. The first-order valence-electron chi connectivity index (χ1n) is 4.46. The van der Waals surface area contributed by atoms with Gasteiger partial charge in [-0.1, -0.05) is 0 Å². The number of hydrogen-bond donors (Lipinski definition) is 4. The minimum absolute atomic E-state index is 0.245. The molecule has 1 atom stereocenters. The Morgan fingerprint density at radius 1 is 1.40 bits per heavy atom. The molecule has 0 radical (unpaired) electrons. The molecule has 15 heavy (non-hydrogen) atoms. The molecule has 86 valence electrons. The molecule has 7 heteroatoms. The third-order valence-corrected chi connectivity index (χ3v) is 1.64. The number of amides is 3. The van der Waals surface area contributed by atoms with Gasteiger partial charge in [-0.3, -0.25) is 4.79 Å². The molecule has 0 aromatic rings. The summed E-state index contributed by atoms with van der Waals surface area (Å²) in [6.45, 7) is 1.54. The lowest BCUT2D eigenvalue weighted by atomic mass is 10.1. The van der Waals surface area contributed by atoms with Crippen LogP contribution in [0.4, 0.5) is 4.79 Å². The number of primary amides is 1. The van der Waals surface area contributed by atoms with Crippen LogP contribution in [0.1, 0.15) is 19.8 Å². The molecule has 0 aromatic carbocycles. The highest BCUT2D eigenvalue weighted by Gasteiger charge is 2.17. The molecule has 5 N–H and O–H groups in total. The lowest BCUT2D eigenvalue weighted by molar-refractivity contribution is -0.141. The fourth-order valence-corrected chi connectivity index (χ4v) is 1.02. The Bertz CT molecular complexity index is 254. The predicted octanol–water partition coefficient (Wildman–Crippen LogP) is -0.976. The van der Waals surface area contributed by atoms with Gasteiger partial charge >= 0.3 is 12.0 Å². The molecule has 0 heterocycles. The number of carbonyl (C=O) groups excluding carboxylic acids is 2. The van der Waals surface area contributed by atoms with Gasteiger partial charge < -0.3 is 21.5 Å². The molecule has 3 amide bonds. The standard InChI is InChI=1S/C8H15N3O4/c1-5(12)11-6(7(13)14)3-2-4-10-8(9)15/h6H,2-4H2,1H3,(H,11,12)(H,13,14)(H3,9,10,15)/t6-/m1/s1.